The van der Waals surface area contributed by atoms with Crippen LogP contribution < -0.4 is 5.48 Å². The number of hydrogen-bond acceptors (Lipinski definition) is 6. The van der Waals surface area contributed by atoms with Gasteiger partial charge in [-0.1, -0.05) is 6.92 Å². The summed E-state index contributed by atoms with van der Waals surface area (Å²) in [6.45, 7) is 1.46. The van der Waals surface area contributed by atoms with E-state index in [9.17, 15) is 30.4 Å². The number of nitrogens with zero attached hydrogens (tertiary/aromatic N) is 3. The highest BCUT2D eigenvalue weighted by molar-refractivity contribution is 7.91. The number of hydrogen-bond donors (Lipinski definition) is 1. The second-order valence-corrected chi connectivity index (χ2v) is 9.28. The van der Waals surface area contributed by atoms with Crippen LogP contribution in [0.2, 0.25) is 0 Å². The molecule has 0 aliphatic heterocycles. The van der Waals surface area contributed by atoms with Crippen molar-refractivity contribution in [3.8, 4) is 0 Å². The molecule has 7 nitrogen and oxygen atoms in total. The van der Waals surface area contributed by atoms with E-state index >= 15 is 0 Å². The summed E-state index contributed by atoms with van der Waals surface area (Å²) in [4.78, 5) is 16.5. The van der Waals surface area contributed by atoms with Crippen LogP contribution in [-0.2, 0) is 20.6 Å². The van der Waals surface area contributed by atoms with Crippen molar-refractivity contribution in [2.24, 2.45) is 4.99 Å². The van der Waals surface area contributed by atoms with Gasteiger partial charge in [0.1, 0.15) is 5.69 Å². The number of aliphatic imine (C=N–C) groups is 1. The Morgan fingerprint density at radius 1 is 1.19 bits per heavy atom. The van der Waals surface area contributed by atoms with Crippen molar-refractivity contribution in [1.29, 1.82) is 0 Å². The number of alkyl halides is 5. The van der Waals surface area contributed by atoms with E-state index in [0.717, 1.165) is 24.5 Å². The lowest BCUT2D eigenvalue weighted by molar-refractivity contribution is -0.289. The first-order valence-corrected chi connectivity index (χ1v) is 11.1. The third-order valence-corrected chi connectivity index (χ3v) is 6.49. The fourth-order valence-corrected chi connectivity index (χ4v) is 3.88. The second kappa shape index (κ2) is 8.70. The van der Waals surface area contributed by atoms with E-state index in [-0.39, 0.29) is 33.9 Å². The van der Waals surface area contributed by atoms with Gasteiger partial charge in [-0.25, -0.2) is 23.9 Å². The molecule has 13 heteroatoms. The topological polar surface area (TPSA) is 93.5 Å². The molecule has 0 spiro atoms. The standard InChI is InChI=1S/C19H19F5N4O3S/c1-3-32(29,30)14-8-12(11-4-5-11)9-26-16(14)17(28-31-2)27-15-7-6-13(10-25-15)18(20,21)19(22,23)24/h6-11H,3-5H2,1-2H3,(H,25,27,28). The average molecular weight is 478 g/mol. The Kier molecular flexibility index (Phi) is 6.52. The van der Waals surface area contributed by atoms with Crippen molar-refractivity contribution in [2.75, 3.05) is 12.9 Å². The van der Waals surface area contributed by atoms with E-state index in [1.807, 2.05) is 0 Å². The number of sulfone groups is 1. The van der Waals surface area contributed by atoms with Crippen LogP contribution in [0.4, 0.5) is 27.8 Å². The fourth-order valence-electron chi connectivity index (χ4n) is 2.81. The molecule has 0 amide bonds. The van der Waals surface area contributed by atoms with Crippen LogP contribution in [0.5, 0.6) is 0 Å². The molecule has 3 rings (SSSR count). The van der Waals surface area contributed by atoms with E-state index in [2.05, 4.69) is 20.4 Å². The number of hydroxylamine groups is 1. The van der Waals surface area contributed by atoms with Gasteiger partial charge in [0.15, 0.2) is 21.5 Å². The summed E-state index contributed by atoms with van der Waals surface area (Å²) >= 11 is 0. The number of halogens is 5. The van der Waals surface area contributed by atoms with Crippen molar-refractivity contribution < 1.29 is 35.2 Å². The molecule has 2 heterocycles. The summed E-state index contributed by atoms with van der Waals surface area (Å²) in [6.07, 6.45) is -2.08. The van der Waals surface area contributed by atoms with Crippen LogP contribution in [0.25, 0.3) is 0 Å². The van der Waals surface area contributed by atoms with E-state index in [4.69, 9.17) is 4.84 Å². The highest BCUT2D eigenvalue weighted by Crippen LogP contribution is 2.44. The number of aromatic nitrogens is 2. The van der Waals surface area contributed by atoms with Crippen LogP contribution >= 0.6 is 0 Å². The first-order chi connectivity index (χ1) is 14.9. The Morgan fingerprint density at radius 3 is 2.38 bits per heavy atom. The summed E-state index contributed by atoms with van der Waals surface area (Å²) in [5, 5.41) is 0. The molecule has 2 aromatic heterocycles. The fraction of sp³-hybridized carbons (Fsp3) is 0.421. The zero-order chi connectivity index (χ0) is 23.7. The van der Waals surface area contributed by atoms with Gasteiger partial charge in [-0.3, -0.25) is 9.82 Å². The third-order valence-electron chi connectivity index (χ3n) is 4.75. The molecule has 0 aromatic carbocycles. The molecule has 0 unspecified atom stereocenters. The minimum atomic E-state index is -5.78. The molecule has 0 atom stereocenters. The van der Waals surface area contributed by atoms with Crippen LogP contribution in [0.15, 0.2) is 40.5 Å². The monoisotopic (exact) mass is 478 g/mol. The smallest absolute Gasteiger partial charge is 0.278 e. The zero-order valence-corrected chi connectivity index (χ0v) is 17.8. The van der Waals surface area contributed by atoms with Crippen molar-refractivity contribution in [2.45, 2.75) is 42.7 Å². The molecule has 0 radical (unpaired) electrons. The Labute approximate surface area is 180 Å². The van der Waals surface area contributed by atoms with Gasteiger partial charge >= 0.3 is 12.1 Å². The first-order valence-electron chi connectivity index (χ1n) is 9.42. The van der Waals surface area contributed by atoms with Crippen LogP contribution in [0.1, 0.15) is 42.5 Å². The zero-order valence-electron chi connectivity index (χ0n) is 16.9. The summed E-state index contributed by atoms with van der Waals surface area (Å²) in [7, 11) is -2.51. The molecule has 1 N–H and O–H groups in total. The molecule has 0 bridgehead atoms. The maximum Gasteiger partial charge on any atom is 0.458 e. The molecule has 174 valence electrons. The lowest BCUT2D eigenvalue weighted by Gasteiger charge is -2.19. The van der Waals surface area contributed by atoms with E-state index in [0.29, 0.717) is 12.3 Å². The maximum atomic E-state index is 13.5. The summed E-state index contributed by atoms with van der Waals surface area (Å²) in [5.41, 5.74) is 1.68. The predicted octanol–water partition coefficient (Wildman–Crippen LogP) is 4.03. The largest absolute Gasteiger partial charge is 0.458 e. The van der Waals surface area contributed by atoms with Crippen molar-refractivity contribution in [3.05, 3.63) is 47.4 Å². The molecule has 1 saturated carbocycles. The van der Waals surface area contributed by atoms with Crippen molar-refractivity contribution in [1.82, 2.24) is 15.4 Å². The molecule has 1 fully saturated rings. The molecule has 32 heavy (non-hydrogen) atoms. The second-order valence-electron chi connectivity index (χ2n) is 7.04. The molecule has 2 aromatic rings. The average Bonchev–Trinajstić information content (AvgIpc) is 3.58. The van der Waals surface area contributed by atoms with Crippen molar-refractivity contribution >= 4 is 21.5 Å². The van der Waals surface area contributed by atoms with Gasteiger partial charge in [0, 0.05) is 18.0 Å². The van der Waals surface area contributed by atoms with E-state index in [1.54, 1.807) is 0 Å². The highest BCUT2D eigenvalue weighted by Gasteiger charge is 2.58. The number of nitrogens with one attached hydrogen (secondary N) is 1. The van der Waals surface area contributed by atoms with Crippen LogP contribution in [0, 0.1) is 0 Å². The Bertz CT molecular complexity index is 1110. The van der Waals surface area contributed by atoms with Gasteiger partial charge in [-0.05, 0) is 42.5 Å². The Balaban J connectivity index is 2.05. The number of amidine groups is 1. The van der Waals surface area contributed by atoms with Crippen molar-refractivity contribution in [3.63, 3.8) is 0 Å². The van der Waals surface area contributed by atoms with Gasteiger partial charge in [-0.2, -0.15) is 22.0 Å². The quantitative estimate of drug-likeness (QED) is 0.280. The highest BCUT2D eigenvalue weighted by atomic mass is 32.2. The van der Waals surface area contributed by atoms with Gasteiger partial charge in [0.2, 0.25) is 0 Å². The summed E-state index contributed by atoms with van der Waals surface area (Å²) in [6, 6.07) is 2.89. The lowest BCUT2D eigenvalue weighted by Crippen LogP contribution is -2.33. The normalized spacial score (nSPS) is 15.7. The Morgan fingerprint density at radius 2 is 1.88 bits per heavy atom. The molecular weight excluding hydrogens is 459 g/mol. The van der Waals surface area contributed by atoms with Crippen LogP contribution in [0.3, 0.4) is 0 Å². The maximum absolute atomic E-state index is 13.5. The SMILES string of the molecule is CCS(=O)(=O)c1cc(C2CC2)cnc1C(=Nc1ccc(C(F)(F)C(F)(F)F)cn1)NOC. The van der Waals surface area contributed by atoms with Gasteiger partial charge in [0.05, 0.1) is 17.8 Å². The van der Waals surface area contributed by atoms with Crippen LogP contribution in [-0.4, -0.2) is 43.3 Å². The first kappa shape index (κ1) is 24.0. The minimum Gasteiger partial charge on any atom is -0.278 e. The predicted molar refractivity (Wildman–Crippen MR) is 104 cm³/mol. The van der Waals surface area contributed by atoms with Gasteiger partial charge in [-0.15, -0.1) is 0 Å². The molecular formula is C19H19F5N4O3S. The number of pyridine rings is 2. The molecule has 0 saturated heterocycles. The molecule has 1 aliphatic carbocycles. The number of rotatable bonds is 7. The Hall–Kier alpha value is -2.67. The van der Waals surface area contributed by atoms with E-state index < -0.39 is 27.5 Å². The lowest BCUT2D eigenvalue weighted by atomic mass is 10.1. The third kappa shape index (κ3) is 4.88. The van der Waals surface area contributed by atoms with Gasteiger partial charge in [0.25, 0.3) is 0 Å². The summed E-state index contributed by atoms with van der Waals surface area (Å²) < 4.78 is 89.9. The van der Waals surface area contributed by atoms with Gasteiger partial charge < -0.3 is 0 Å². The summed E-state index contributed by atoms with van der Waals surface area (Å²) in [5.74, 6) is -5.54. The minimum absolute atomic E-state index is 0.0930. The van der Waals surface area contributed by atoms with E-state index in [1.165, 1.54) is 26.3 Å². The molecule has 1 aliphatic rings.